The molecule has 124 valence electrons. The number of hydrogen-bond donors (Lipinski definition) is 1. The third-order valence-corrected chi connectivity index (χ3v) is 3.27. The van der Waals surface area contributed by atoms with Gasteiger partial charge < -0.3 is 14.8 Å². The van der Waals surface area contributed by atoms with Gasteiger partial charge in [0.2, 0.25) is 5.91 Å². The zero-order valence-corrected chi connectivity index (χ0v) is 13.1. The second-order valence-electron chi connectivity index (χ2n) is 4.34. The molecule has 4 nitrogen and oxygen atoms in total. The Kier molecular flexibility index (Phi) is 7.53. The number of nitrogens with one attached hydrogen (secondary N) is 1. The molecular weight excluding hydrogens is 319 g/mol. The van der Waals surface area contributed by atoms with Gasteiger partial charge in [-0.25, -0.2) is 0 Å². The van der Waals surface area contributed by atoms with Crippen LogP contribution in [0.5, 0.6) is 5.75 Å². The van der Waals surface area contributed by atoms with E-state index in [9.17, 15) is 18.0 Å². The van der Waals surface area contributed by atoms with E-state index < -0.39 is 11.7 Å². The SMILES string of the molecule is COCCOc1ccc(C(F)(F)F)cc1NC(=O)CCSC. The van der Waals surface area contributed by atoms with Gasteiger partial charge in [0, 0.05) is 19.3 Å². The first-order valence-corrected chi connectivity index (χ1v) is 7.89. The van der Waals surface area contributed by atoms with Gasteiger partial charge >= 0.3 is 6.18 Å². The molecule has 0 aromatic heterocycles. The molecule has 0 heterocycles. The van der Waals surface area contributed by atoms with Gasteiger partial charge in [-0.1, -0.05) is 0 Å². The summed E-state index contributed by atoms with van der Waals surface area (Å²) in [5.74, 6) is 0.415. The van der Waals surface area contributed by atoms with Crippen molar-refractivity contribution in [1.82, 2.24) is 0 Å². The number of ether oxygens (including phenoxy) is 2. The molecule has 0 aliphatic heterocycles. The first kappa shape index (κ1) is 18.6. The number of benzene rings is 1. The fourth-order valence-electron chi connectivity index (χ4n) is 1.57. The molecule has 22 heavy (non-hydrogen) atoms. The van der Waals surface area contributed by atoms with Gasteiger partial charge in [-0.05, 0) is 24.5 Å². The lowest BCUT2D eigenvalue weighted by Gasteiger charge is -2.15. The summed E-state index contributed by atoms with van der Waals surface area (Å²) in [5.41, 5.74) is -0.830. The van der Waals surface area contributed by atoms with Gasteiger partial charge in [-0.15, -0.1) is 0 Å². The molecule has 0 radical (unpaired) electrons. The van der Waals surface area contributed by atoms with E-state index in [-0.39, 0.29) is 30.4 Å². The third-order valence-electron chi connectivity index (χ3n) is 2.66. The molecule has 0 fully saturated rings. The van der Waals surface area contributed by atoms with E-state index in [0.717, 1.165) is 12.1 Å². The molecule has 1 amide bonds. The van der Waals surface area contributed by atoms with Gasteiger partial charge in [0.05, 0.1) is 17.9 Å². The summed E-state index contributed by atoms with van der Waals surface area (Å²) in [6.45, 7) is 0.469. The second-order valence-corrected chi connectivity index (χ2v) is 5.33. The van der Waals surface area contributed by atoms with Crippen LogP contribution in [0.1, 0.15) is 12.0 Å². The van der Waals surface area contributed by atoms with E-state index >= 15 is 0 Å². The Balaban J connectivity index is 2.92. The summed E-state index contributed by atoms with van der Waals surface area (Å²) < 4.78 is 48.5. The van der Waals surface area contributed by atoms with Crippen LogP contribution in [0, 0.1) is 0 Å². The van der Waals surface area contributed by atoms with E-state index in [1.807, 2.05) is 6.26 Å². The molecule has 0 saturated carbocycles. The molecule has 0 aliphatic rings. The van der Waals surface area contributed by atoms with Crippen LogP contribution in [-0.2, 0) is 15.7 Å². The van der Waals surface area contributed by atoms with Crippen LogP contribution in [0.4, 0.5) is 18.9 Å². The van der Waals surface area contributed by atoms with Gasteiger partial charge in [-0.3, -0.25) is 4.79 Å². The molecule has 1 aromatic rings. The van der Waals surface area contributed by atoms with Crippen LogP contribution >= 0.6 is 11.8 Å². The minimum absolute atomic E-state index is 0.0111. The average molecular weight is 337 g/mol. The quantitative estimate of drug-likeness (QED) is 0.739. The predicted octanol–water partition coefficient (Wildman–Crippen LogP) is 3.42. The minimum Gasteiger partial charge on any atom is -0.489 e. The normalized spacial score (nSPS) is 11.3. The Morgan fingerprint density at radius 1 is 1.32 bits per heavy atom. The zero-order valence-electron chi connectivity index (χ0n) is 12.3. The lowest BCUT2D eigenvalue weighted by molar-refractivity contribution is -0.137. The zero-order chi connectivity index (χ0) is 16.6. The Bertz CT molecular complexity index is 495. The number of carbonyl (C=O) groups excluding carboxylic acids is 1. The maximum atomic E-state index is 12.8. The van der Waals surface area contributed by atoms with Gasteiger partial charge in [0.1, 0.15) is 12.4 Å². The fraction of sp³-hybridized carbons (Fsp3) is 0.500. The highest BCUT2D eigenvalue weighted by atomic mass is 32.2. The second kappa shape index (κ2) is 8.89. The Morgan fingerprint density at radius 2 is 2.05 bits per heavy atom. The van der Waals surface area contributed by atoms with Crippen molar-refractivity contribution in [3.05, 3.63) is 23.8 Å². The first-order chi connectivity index (χ1) is 10.4. The number of carbonyl (C=O) groups is 1. The maximum Gasteiger partial charge on any atom is 0.416 e. The molecule has 8 heteroatoms. The molecule has 0 unspecified atom stereocenters. The largest absolute Gasteiger partial charge is 0.489 e. The van der Waals surface area contributed by atoms with E-state index in [1.54, 1.807) is 0 Å². The van der Waals surface area contributed by atoms with Crippen molar-refractivity contribution in [1.29, 1.82) is 0 Å². The maximum absolute atomic E-state index is 12.8. The van der Waals surface area contributed by atoms with E-state index in [4.69, 9.17) is 9.47 Å². The van der Waals surface area contributed by atoms with Crippen LogP contribution in [0.3, 0.4) is 0 Å². The van der Waals surface area contributed by atoms with Crippen molar-refractivity contribution >= 4 is 23.4 Å². The molecule has 0 saturated heterocycles. The Hall–Kier alpha value is -1.41. The van der Waals surface area contributed by atoms with Crippen LogP contribution in [0.15, 0.2) is 18.2 Å². The molecule has 1 aromatic carbocycles. The summed E-state index contributed by atoms with van der Waals surface area (Å²) in [6, 6.07) is 2.99. The molecular formula is C14H18F3NO3S. The van der Waals surface area contributed by atoms with Gasteiger partial charge in [0.25, 0.3) is 0 Å². The van der Waals surface area contributed by atoms with Gasteiger partial charge in [-0.2, -0.15) is 24.9 Å². The van der Waals surface area contributed by atoms with Crippen molar-refractivity contribution in [2.24, 2.45) is 0 Å². The summed E-state index contributed by atoms with van der Waals surface area (Å²) in [4.78, 5) is 11.7. The Morgan fingerprint density at radius 3 is 2.64 bits per heavy atom. The molecule has 1 rings (SSSR count). The number of halogens is 3. The van der Waals surface area contributed by atoms with Crippen molar-refractivity contribution in [2.45, 2.75) is 12.6 Å². The van der Waals surface area contributed by atoms with Crippen LogP contribution < -0.4 is 10.1 Å². The third kappa shape index (κ3) is 6.15. The van der Waals surface area contributed by atoms with E-state index in [1.165, 1.54) is 24.9 Å². The van der Waals surface area contributed by atoms with Crippen molar-refractivity contribution in [3.63, 3.8) is 0 Å². The average Bonchev–Trinajstić information content (AvgIpc) is 2.45. The smallest absolute Gasteiger partial charge is 0.416 e. The lowest BCUT2D eigenvalue weighted by Crippen LogP contribution is -2.15. The molecule has 0 bridgehead atoms. The lowest BCUT2D eigenvalue weighted by atomic mass is 10.1. The number of rotatable bonds is 8. The number of amides is 1. The number of thioether (sulfide) groups is 1. The number of anilines is 1. The van der Waals surface area contributed by atoms with Crippen molar-refractivity contribution < 1.29 is 27.4 Å². The summed E-state index contributed by atoms with van der Waals surface area (Å²) in [7, 11) is 1.49. The van der Waals surface area contributed by atoms with Crippen molar-refractivity contribution in [2.75, 3.05) is 37.6 Å². The van der Waals surface area contributed by atoms with Crippen molar-refractivity contribution in [3.8, 4) is 5.75 Å². The molecule has 0 spiro atoms. The highest BCUT2D eigenvalue weighted by molar-refractivity contribution is 7.98. The number of hydrogen-bond acceptors (Lipinski definition) is 4. The molecule has 1 N–H and O–H groups in total. The standard InChI is InChI=1S/C14H18F3NO3S/c1-20-6-7-21-12-4-3-10(14(15,16)17)9-11(12)18-13(19)5-8-22-2/h3-4,9H,5-8H2,1-2H3,(H,18,19). The minimum atomic E-state index is -4.48. The van der Waals surface area contributed by atoms with E-state index in [0.29, 0.717) is 12.4 Å². The highest BCUT2D eigenvalue weighted by Gasteiger charge is 2.31. The first-order valence-electron chi connectivity index (χ1n) is 6.50. The predicted molar refractivity (Wildman–Crippen MR) is 80.4 cm³/mol. The highest BCUT2D eigenvalue weighted by Crippen LogP contribution is 2.35. The summed E-state index contributed by atoms with van der Waals surface area (Å²) in [5, 5.41) is 2.47. The van der Waals surface area contributed by atoms with Crippen LogP contribution in [0.2, 0.25) is 0 Å². The Labute approximate surface area is 131 Å². The number of methoxy groups -OCH3 is 1. The topological polar surface area (TPSA) is 47.6 Å². The molecule has 0 aliphatic carbocycles. The van der Waals surface area contributed by atoms with Gasteiger partial charge in [0.15, 0.2) is 0 Å². The monoisotopic (exact) mass is 337 g/mol. The molecule has 0 atom stereocenters. The van der Waals surface area contributed by atoms with Crippen LogP contribution in [0.25, 0.3) is 0 Å². The van der Waals surface area contributed by atoms with E-state index in [2.05, 4.69) is 5.32 Å². The van der Waals surface area contributed by atoms with Crippen LogP contribution in [-0.4, -0.2) is 38.2 Å². The summed E-state index contributed by atoms with van der Waals surface area (Å²) in [6.07, 6.45) is -2.42. The fourth-order valence-corrected chi connectivity index (χ4v) is 1.96. The summed E-state index contributed by atoms with van der Waals surface area (Å²) >= 11 is 1.48. The number of alkyl halides is 3.